The van der Waals surface area contributed by atoms with Gasteiger partial charge in [-0.2, -0.15) is 0 Å². The van der Waals surface area contributed by atoms with E-state index in [4.69, 9.17) is 9.47 Å². The molecule has 0 amide bonds. The topological polar surface area (TPSA) is 55.8 Å². The van der Waals surface area contributed by atoms with Crippen molar-refractivity contribution in [3.8, 4) is 17.2 Å². The molecular weight excluding hydrogens is 268 g/mol. The van der Waals surface area contributed by atoms with Crippen LogP contribution in [0.15, 0.2) is 48.5 Å². The Kier molecular flexibility index (Phi) is 4.61. The molecule has 0 spiro atoms. The number of ether oxygens (including phenoxy) is 2. The molecule has 0 saturated carbocycles. The first-order chi connectivity index (χ1) is 10.1. The predicted octanol–water partition coefficient (Wildman–Crippen LogP) is 3.31. The summed E-state index contributed by atoms with van der Waals surface area (Å²) in [6.45, 7) is 0. The van der Waals surface area contributed by atoms with E-state index in [-0.39, 0.29) is 11.5 Å². The molecule has 0 heterocycles. The second kappa shape index (κ2) is 6.61. The highest BCUT2D eigenvalue weighted by atomic mass is 16.5. The van der Waals surface area contributed by atoms with E-state index in [1.54, 1.807) is 55.7 Å². The number of aromatic hydroxyl groups is 1. The number of carbonyl (C=O) groups is 1. The Morgan fingerprint density at radius 2 is 1.76 bits per heavy atom. The first-order valence-corrected chi connectivity index (χ1v) is 6.37. The second-order valence-electron chi connectivity index (χ2n) is 4.36. The van der Waals surface area contributed by atoms with Crippen molar-refractivity contribution in [3.63, 3.8) is 0 Å². The number of allylic oxidation sites excluding steroid dienone is 1. The maximum Gasteiger partial charge on any atom is 0.189 e. The molecule has 0 aliphatic heterocycles. The lowest BCUT2D eigenvalue weighted by atomic mass is 10.1. The van der Waals surface area contributed by atoms with Gasteiger partial charge < -0.3 is 14.6 Å². The van der Waals surface area contributed by atoms with Gasteiger partial charge in [-0.1, -0.05) is 18.2 Å². The number of carbonyl (C=O) groups excluding carboxylic acids is 1. The zero-order valence-electron chi connectivity index (χ0n) is 11.9. The fraction of sp³-hybridized carbons (Fsp3) is 0.118. The molecule has 2 aromatic rings. The molecule has 0 aromatic heterocycles. The Balaban J connectivity index is 2.25. The Hall–Kier alpha value is -2.75. The third-order valence-corrected chi connectivity index (χ3v) is 2.99. The van der Waals surface area contributed by atoms with Gasteiger partial charge in [0.25, 0.3) is 0 Å². The number of ketones is 1. The van der Waals surface area contributed by atoms with Gasteiger partial charge >= 0.3 is 0 Å². The van der Waals surface area contributed by atoms with Gasteiger partial charge in [0.15, 0.2) is 5.78 Å². The molecule has 0 bridgehead atoms. The number of hydrogen-bond acceptors (Lipinski definition) is 4. The summed E-state index contributed by atoms with van der Waals surface area (Å²) >= 11 is 0. The molecule has 0 saturated heterocycles. The molecule has 1 N–H and O–H groups in total. The molecule has 108 valence electrons. The van der Waals surface area contributed by atoms with Crippen LogP contribution in [-0.2, 0) is 0 Å². The summed E-state index contributed by atoms with van der Waals surface area (Å²) in [5.41, 5.74) is 1.26. The van der Waals surface area contributed by atoms with Crippen molar-refractivity contribution in [1.29, 1.82) is 0 Å². The lowest BCUT2D eigenvalue weighted by Crippen LogP contribution is -1.99. The Labute approximate surface area is 123 Å². The average Bonchev–Trinajstić information content (AvgIpc) is 2.53. The Morgan fingerprint density at radius 1 is 1.05 bits per heavy atom. The maximum absolute atomic E-state index is 12.3. The van der Waals surface area contributed by atoms with Crippen molar-refractivity contribution in [1.82, 2.24) is 0 Å². The SMILES string of the molecule is COc1ccc(OC)c(C(=O)/C=C/c2ccc(O)cc2)c1. The minimum Gasteiger partial charge on any atom is -0.508 e. The minimum absolute atomic E-state index is 0.182. The highest BCUT2D eigenvalue weighted by molar-refractivity contribution is 6.08. The Morgan fingerprint density at radius 3 is 2.38 bits per heavy atom. The molecule has 0 fully saturated rings. The Bertz CT molecular complexity index is 657. The molecule has 0 aliphatic rings. The summed E-state index contributed by atoms with van der Waals surface area (Å²) in [4.78, 5) is 12.3. The number of phenols is 1. The van der Waals surface area contributed by atoms with Crippen molar-refractivity contribution in [2.75, 3.05) is 14.2 Å². The summed E-state index contributed by atoms with van der Waals surface area (Å²) in [5, 5.41) is 9.22. The van der Waals surface area contributed by atoms with Crippen molar-refractivity contribution in [2.24, 2.45) is 0 Å². The van der Waals surface area contributed by atoms with E-state index in [1.165, 1.54) is 13.2 Å². The first kappa shape index (κ1) is 14.7. The maximum atomic E-state index is 12.3. The van der Waals surface area contributed by atoms with E-state index in [9.17, 15) is 9.90 Å². The third-order valence-electron chi connectivity index (χ3n) is 2.99. The lowest BCUT2D eigenvalue weighted by Gasteiger charge is -2.07. The molecule has 0 radical (unpaired) electrons. The van der Waals surface area contributed by atoms with Crippen LogP contribution in [0.25, 0.3) is 6.08 Å². The summed E-state index contributed by atoms with van der Waals surface area (Å²) in [7, 11) is 3.06. The minimum atomic E-state index is -0.182. The summed E-state index contributed by atoms with van der Waals surface area (Å²) in [6, 6.07) is 11.7. The second-order valence-corrected chi connectivity index (χ2v) is 4.36. The monoisotopic (exact) mass is 284 g/mol. The molecule has 0 unspecified atom stereocenters. The van der Waals surface area contributed by atoms with Gasteiger partial charge in [-0.25, -0.2) is 0 Å². The van der Waals surface area contributed by atoms with E-state index >= 15 is 0 Å². The van der Waals surface area contributed by atoms with Crippen LogP contribution < -0.4 is 9.47 Å². The van der Waals surface area contributed by atoms with Crippen LogP contribution in [0.4, 0.5) is 0 Å². The predicted molar refractivity (Wildman–Crippen MR) is 81.0 cm³/mol. The molecule has 21 heavy (non-hydrogen) atoms. The summed E-state index contributed by atoms with van der Waals surface area (Å²) < 4.78 is 10.3. The standard InChI is InChI=1S/C17H16O4/c1-20-14-8-10-17(21-2)15(11-14)16(19)9-5-12-3-6-13(18)7-4-12/h3-11,18H,1-2H3/b9-5+. The smallest absolute Gasteiger partial charge is 0.189 e. The van der Waals surface area contributed by atoms with Crippen LogP contribution in [0.1, 0.15) is 15.9 Å². The quantitative estimate of drug-likeness (QED) is 0.676. The number of phenolic OH excluding ortho intramolecular Hbond substituents is 1. The van der Waals surface area contributed by atoms with Crippen LogP contribution in [0.5, 0.6) is 17.2 Å². The van der Waals surface area contributed by atoms with E-state index in [1.807, 2.05) is 0 Å². The molecule has 2 aromatic carbocycles. The van der Waals surface area contributed by atoms with Crippen molar-refractivity contribution < 1.29 is 19.4 Å². The molecule has 0 aliphatic carbocycles. The van der Waals surface area contributed by atoms with Gasteiger partial charge in [0, 0.05) is 0 Å². The van der Waals surface area contributed by atoms with Crippen LogP contribution in [0.3, 0.4) is 0 Å². The van der Waals surface area contributed by atoms with Gasteiger partial charge in [-0.05, 0) is 42.0 Å². The van der Waals surface area contributed by atoms with Gasteiger partial charge in [-0.15, -0.1) is 0 Å². The molecule has 2 rings (SSSR count). The van der Waals surface area contributed by atoms with E-state index in [0.29, 0.717) is 17.1 Å². The average molecular weight is 284 g/mol. The number of methoxy groups -OCH3 is 2. The van der Waals surface area contributed by atoms with Crippen LogP contribution in [0.2, 0.25) is 0 Å². The first-order valence-electron chi connectivity index (χ1n) is 6.37. The summed E-state index contributed by atoms with van der Waals surface area (Å²) in [6.07, 6.45) is 3.14. The fourth-order valence-corrected chi connectivity index (χ4v) is 1.85. The third kappa shape index (κ3) is 3.63. The van der Waals surface area contributed by atoms with E-state index in [0.717, 1.165) is 5.56 Å². The van der Waals surface area contributed by atoms with Crippen LogP contribution in [0, 0.1) is 0 Å². The fourth-order valence-electron chi connectivity index (χ4n) is 1.85. The zero-order valence-corrected chi connectivity index (χ0v) is 11.9. The van der Waals surface area contributed by atoms with Crippen LogP contribution >= 0.6 is 0 Å². The normalized spacial score (nSPS) is 10.6. The number of rotatable bonds is 5. The molecule has 4 heteroatoms. The van der Waals surface area contributed by atoms with Crippen molar-refractivity contribution in [2.45, 2.75) is 0 Å². The molecular formula is C17H16O4. The highest BCUT2D eigenvalue weighted by Crippen LogP contribution is 2.25. The summed E-state index contributed by atoms with van der Waals surface area (Å²) in [5.74, 6) is 1.10. The molecule has 0 atom stereocenters. The van der Waals surface area contributed by atoms with Gasteiger partial charge in [-0.3, -0.25) is 4.79 Å². The lowest BCUT2D eigenvalue weighted by molar-refractivity contribution is 0.104. The van der Waals surface area contributed by atoms with E-state index < -0.39 is 0 Å². The van der Waals surface area contributed by atoms with E-state index in [2.05, 4.69) is 0 Å². The number of hydrogen-bond donors (Lipinski definition) is 1. The zero-order chi connectivity index (χ0) is 15.2. The largest absolute Gasteiger partial charge is 0.508 e. The van der Waals surface area contributed by atoms with Gasteiger partial charge in [0.1, 0.15) is 17.2 Å². The van der Waals surface area contributed by atoms with Crippen LogP contribution in [-0.4, -0.2) is 25.1 Å². The van der Waals surface area contributed by atoms with Crippen molar-refractivity contribution in [3.05, 3.63) is 59.7 Å². The number of benzene rings is 2. The highest BCUT2D eigenvalue weighted by Gasteiger charge is 2.11. The van der Waals surface area contributed by atoms with Gasteiger partial charge in [0.05, 0.1) is 19.8 Å². The van der Waals surface area contributed by atoms with Gasteiger partial charge in [0.2, 0.25) is 0 Å². The molecule has 4 nitrogen and oxygen atoms in total. The van der Waals surface area contributed by atoms with Crippen molar-refractivity contribution >= 4 is 11.9 Å².